The molecule has 0 aromatic heterocycles. The van der Waals surface area contributed by atoms with Gasteiger partial charge in [0.15, 0.2) is 9.76 Å². The van der Waals surface area contributed by atoms with Gasteiger partial charge in [-0.3, -0.25) is 0 Å². The van der Waals surface area contributed by atoms with Crippen molar-refractivity contribution >= 4 is 9.76 Å². The lowest BCUT2D eigenvalue weighted by molar-refractivity contribution is 0.252. The van der Waals surface area contributed by atoms with Gasteiger partial charge >= 0.3 is 0 Å². The second-order valence-electron chi connectivity index (χ2n) is 6.48. The molecule has 0 atom stereocenters. The lowest BCUT2D eigenvalue weighted by Gasteiger charge is -2.17. The minimum atomic E-state index is -0.313. The normalized spacial score (nSPS) is 14.5. The van der Waals surface area contributed by atoms with E-state index in [1.54, 1.807) is 0 Å². The van der Waals surface area contributed by atoms with Crippen LogP contribution in [0.5, 0.6) is 0 Å². The molecule has 0 spiro atoms. The Balaban J connectivity index is 3.37. The van der Waals surface area contributed by atoms with Crippen LogP contribution in [0, 0.1) is 10.8 Å². The summed E-state index contributed by atoms with van der Waals surface area (Å²) in [6.45, 7) is 14.4. The summed E-state index contributed by atoms with van der Waals surface area (Å²) in [5, 5.41) is 0. The monoisotopic (exact) mass is 228 g/mol. The van der Waals surface area contributed by atoms with E-state index in [0.717, 1.165) is 6.61 Å². The summed E-state index contributed by atoms with van der Waals surface area (Å²) in [6, 6.07) is 1.17. The second-order valence-corrected chi connectivity index (χ2v) is 7.87. The smallest absolute Gasteiger partial charge is 0.165 e. The molecule has 0 fully saturated rings. The molecule has 0 aliphatic heterocycles. The Morgan fingerprint density at radius 1 is 1.07 bits per heavy atom. The molecule has 0 saturated carbocycles. The first kappa shape index (κ1) is 14.9. The maximum Gasteiger partial charge on any atom is 0.165 e. The lowest BCUT2D eigenvalue weighted by atomic mass is 9.93. The van der Waals surface area contributed by atoms with E-state index in [1.807, 2.05) is 0 Å². The molecule has 0 radical (unpaired) electrons. The Bertz CT molecular complexity index is 184. The fourth-order valence-electron chi connectivity index (χ4n) is 1.07. The van der Waals surface area contributed by atoms with Gasteiger partial charge in [0.05, 0.1) is 0 Å². The number of hydrogen-bond acceptors (Lipinski definition) is 1. The van der Waals surface area contributed by atoms with Crippen molar-refractivity contribution in [2.45, 2.75) is 54.0 Å². The predicted octanol–water partition coefficient (Wildman–Crippen LogP) is 3.54. The molecule has 0 aliphatic rings. The van der Waals surface area contributed by atoms with E-state index in [2.05, 4.69) is 53.7 Å². The topological polar surface area (TPSA) is 9.23 Å². The molecule has 2 heteroatoms. The average molecular weight is 228 g/mol. The molecule has 0 amide bonds. The van der Waals surface area contributed by atoms with Crippen molar-refractivity contribution in [3.05, 3.63) is 12.2 Å². The fourth-order valence-corrected chi connectivity index (χ4v) is 1.89. The maximum absolute atomic E-state index is 5.71. The Labute approximate surface area is 98.2 Å². The van der Waals surface area contributed by atoms with Gasteiger partial charge in [0.1, 0.15) is 0 Å². The van der Waals surface area contributed by atoms with E-state index in [4.69, 9.17) is 4.43 Å². The van der Waals surface area contributed by atoms with Gasteiger partial charge in [0, 0.05) is 6.61 Å². The van der Waals surface area contributed by atoms with Crippen LogP contribution in [0.2, 0.25) is 6.04 Å². The summed E-state index contributed by atoms with van der Waals surface area (Å²) >= 11 is 0. The number of rotatable bonds is 5. The molecule has 0 N–H and O–H groups in total. The summed E-state index contributed by atoms with van der Waals surface area (Å²) in [4.78, 5) is 0. The Morgan fingerprint density at radius 3 is 2.13 bits per heavy atom. The molecule has 1 nitrogen and oxygen atoms in total. The largest absolute Gasteiger partial charge is 0.424 e. The van der Waals surface area contributed by atoms with Crippen molar-refractivity contribution in [3.63, 3.8) is 0 Å². The van der Waals surface area contributed by atoms with Gasteiger partial charge in [-0.1, -0.05) is 53.7 Å². The van der Waals surface area contributed by atoms with Crippen molar-refractivity contribution in [3.8, 4) is 0 Å². The molecule has 0 aromatic carbocycles. The molecular weight excluding hydrogens is 200 g/mol. The third-order valence-electron chi connectivity index (χ3n) is 2.04. The first-order valence-corrected chi connectivity index (χ1v) is 7.54. The zero-order chi connectivity index (χ0) is 11.9. The molecule has 0 bridgehead atoms. The minimum Gasteiger partial charge on any atom is -0.424 e. The lowest BCUT2D eigenvalue weighted by Crippen LogP contribution is -2.10. The minimum absolute atomic E-state index is 0.313. The molecule has 0 rings (SSSR count). The van der Waals surface area contributed by atoms with Gasteiger partial charge in [0.2, 0.25) is 0 Å². The van der Waals surface area contributed by atoms with E-state index >= 15 is 0 Å². The average Bonchev–Trinajstić information content (AvgIpc) is 1.98. The van der Waals surface area contributed by atoms with Crippen LogP contribution in [0.4, 0.5) is 0 Å². The highest BCUT2D eigenvalue weighted by molar-refractivity contribution is 6.27. The number of allylic oxidation sites excluding steroid dienone is 2. The van der Waals surface area contributed by atoms with Crippen molar-refractivity contribution < 1.29 is 4.43 Å². The zero-order valence-corrected chi connectivity index (χ0v) is 12.8. The van der Waals surface area contributed by atoms with Crippen molar-refractivity contribution in [1.82, 2.24) is 0 Å². The van der Waals surface area contributed by atoms with Gasteiger partial charge in [0.25, 0.3) is 0 Å². The summed E-state index contributed by atoms with van der Waals surface area (Å²) < 4.78 is 5.71. The third kappa shape index (κ3) is 13.9. The van der Waals surface area contributed by atoms with Gasteiger partial charge < -0.3 is 4.43 Å². The molecule has 15 heavy (non-hydrogen) atoms. The highest BCUT2D eigenvalue weighted by Gasteiger charge is 2.08. The Kier molecular flexibility index (Phi) is 6.45. The van der Waals surface area contributed by atoms with E-state index in [-0.39, 0.29) is 9.76 Å². The van der Waals surface area contributed by atoms with Crippen LogP contribution in [-0.2, 0) is 4.43 Å². The van der Waals surface area contributed by atoms with Gasteiger partial charge in [-0.25, -0.2) is 0 Å². The highest BCUT2D eigenvalue weighted by atomic mass is 28.2. The SMILES string of the molecule is CC(C)(C)C=CC[SiH2]OCCC(C)(C)C. The van der Waals surface area contributed by atoms with Crippen LogP contribution in [0.3, 0.4) is 0 Å². The molecular formula is C13H28OSi. The van der Waals surface area contributed by atoms with Gasteiger partial charge in [-0.05, 0) is 23.3 Å². The van der Waals surface area contributed by atoms with E-state index in [1.165, 1.54) is 12.5 Å². The van der Waals surface area contributed by atoms with Gasteiger partial charge in [-0.2, -0.15) is 0 Å². The van der Waals surface area contributed by atoms with E-state index in [0.29, 0.717) is 10.8 Å². The standard InChI is InChI=1S/C13H28OSi/c1-12(2,3)8-7-11-15-14-10-9-13(4,5)6/h7-8H,9-11,15H2,1-6H3. The third-order valence-corrected chi connectivity index (χ3v) is 3.19. The van der Waals surface area contributed by atoms with Crippen LogP contribution in [0.1, 0.15) is 48.0 Å². The van der Waals surface area contributed by atoms with Crippen LogP contribution >= 0.6 is 0 Å². The van der Waals surface area contributed by atoms with E-state index < -0.39 is 0 Å². The van der Waals surface area contributed by atoms with Crippen molar-refractivity contribution in [2.24, 2.45) is 10.8 Å². The molecule has 0 saturated heterocycles. The summed E-state index contributed by atoms with van der Waals surface area (Å²) in [6.07, 6.45) is 5.74. The molecule has 0 aromatic rings. The predicted molar refractivity (Wildman–Crippen MR) is 72.0 cm³/mol. The summed E-state index contributed by atoms with van der Waals surface area (Å²) in [7, 11) is -0.313. The van der Waals surface area contributed by atoms with Crippen LogP contribution in [0.15, 0.2) is 12.2 Å². The molecule has 0 heterocycles. The molecule has 90 valence electrons. The van der Waals surface area contributed by atoms with Crippen LogP contribution < -0.4 is 0 Å². The first-order chi connectivity index (χ1) is 6.71. The molecule has 0 unspecified atom stereocenters. The zero-order valence-electron chi connectivity index (χ0n) is 11.4. The molecule has 0 aliphatic carbocycles. The quantitative estimate of drug-likeness (QED) is 0.397. The van der Waals surface area contributed by atoms with Crippen molar-refractivity contribution in [2.75, 3.05) is 6.61 Å². The summed E-state index contributed by atoms with van der Waals surface area (Å²) in [5.41, 5.74) is 0.732. The first-order valence-electron chi connectivity index (χ1n) is 5.96. The second kappa shape index (κ2) is 6.49. The Hall–Kier alpha value is -0.0831. The van der Waals surface area contributed by atoms with Crippen LogP contribution in [0.25, 0.3) is 0 Å². The van der Waals surface area contributed by atoms with Crippen molar-refractivity contribution in [1.29, 1.82) is 0 Å². The summed E-state index contributed by atoms with van der Waals surface area (Å²) in [5.74, 6) is 0. The van der Waals surface area contributed by atoms with Gasteiger partial charge in [-0.15, -0.1) is 0 Å². The number of hydrogen-bond donors (Lipinski definition) is 0. The Morgan fingerprint density at radius 2 is 1.67 bits per heavy atom. The van der Waals surface area contributed by atoms with Crippen LogP contribution in [-0.4, -0.2) is 16.4 Å². The fraction of sp³-hybridized carbons (Fsp3) is 0.846. The van der Waals surface area contributed by atoms with E-state index in [9.17, 15) is 0 Å². The maximum atomic E-state index is 5.71. The highest BCUT2D eigenvalue weighted by Crippen LogP contribution is 2.18.